The number of rotatable bonds is 7. The third-order valence-electron chi connectivity index (χ3n) is 6.20. The van der Waals surface area contributed by atoms with Crippen molar-refractivity contribution in [1.29, 1.82) is 5.41 Å². The van der Waals surface area contributed by atoms with Crippen LogP contribution in [-0.4, -0.2) is 90.0 Å². The Morgan fingerprint density at radius 3 is 2.50 bits per heavy atom. The lowest BCUT2D eigenvalue weighted by Crippen LogP contribution is -2.58. The van der Waals surface area contributed by atoms with Crippen molar-refractivity contribution in [2.45, 2.75) is 57.7 Å². The number of aliphatic carboxylic acids is 1. The van der Waals surface area contributed by atoms with Gasteiger partial charge in [-0.3, -0.25) is 14.6 Å². The molecule has 0 amide bonds. The summed E-state index contributed by atoms with van der Waals surface area (Å²) in [6.07, 6.45) is 6.81. The summed E-state index contributed by atoms with van der Waals surface area (Å²) in [4.78, 5) is 23.2. The van der Waals surface area contributed by atoms with E-state index in [1.165, 1.54) is 13.3 Å². The maximum Gasteiger partial charge on any atom is 0.320 e. The number of nitrogens with zero attached hydrogens (tertiary/aromatic N) is 4. The van der Waals surface area contributed by atoms with Crippen molar-refractivity contribution in [1.82, 2.24) is 14.8 Å². The van der Waals surface area contributed by atoms with E-state index in [-0.39, 0.29) is 6.04 Å². The minimum atomic E-state index is -0.677. The first-order chi connectivity index (χ1) is 14.5. The Morgan fingerprint density at radius 2 is 2.00 bits per heavy atom. The van der Waals surface area contributed by atoms with E-state index in [1.54, 1.807) is 6.20 Å². The summed E-state index contributed by atoms with van der Waals surface area (Å²) in [6, 6.07) is 4.60. The van der Waals surface area contributed by atoms with E-state index in [9.17, 15) is 9.90 Å². The molecule has 2 atom stereocenters. The Hall–Kier alpha value is -2.03. The molecule has 1 aromatic rings. The molecule has 1 aromatic heterocycles. The standard InChI is InChI=1S/C21H33N5O2.CH5N/c1-3-4-19(21(27)28)24-9-7-18(8-10-24)26-12-11-25(15-16(26)2)20-6-5-17(13-22)14-23-20;1-2/h5-6,13-14,16,18-19,22H,3-4,7-12,15H2,1-2H3,(H,27,28);2H2,1H3. The molecule has 0 aliphatic carbocycles. The lowest BCUT2D eigenvalue weighted by molar-refractivity contribution is -0.144. The van der Waals surface area contributed by atoms with Crippen LogP contribution in [-0.2, 0) is 4.79 Å². The van der Waals surface area contributed by atoms with E-state index >= 15 is 0 Å². The van der Waals surface area contributed by atoms with E-state index in [1.807, 2.05) is 12.1 Å². The van der Waals surface area contributed by atoms with Gasteiger partial charge in [-0.25, -0.2) is 4.98 Å². The van der Waals surface area contributed by atoms with Crippen molar-refractivity contribution in [3.05, 3.63) is 23.9 Å². The van der Waals surface area contributed by atoms with Gasteiger partial charge >= 0.3 is 5.97 Å². The Labute approximate surface area is 180 Å². The number of nitrogens with two attached hydrogens (primary N) is 1. The number of carboxylic acid groups (broad SMARTS) is 1. The zero-order valence-electron chi connectivity index (χ0n) is 18.6. The van der Waals surface area contributed by atoms with Gasteiger partial charge in [0.05, 0.1) is 0 Å². The average Bonchev–Trinajstić information content (AvgIpc) is 2.79. The number of nitrogens with one attached hydrogen (secondary N) is 1. The number of carbonyl (C=O) groups is 1. The maximum atomic E-state index is 11.6. The maximum absolute atomic E-state index is 11.6. The van der Waals surface area contributed by atoms with Gasteiger partial charge in [-0.05, 0) is 45.4 Å². The van der Waals surface area contributed by atoms with Crippen molar-refractivity contribution in [2.75, 3.05) is 44.7 Å². The lowest BCUT2D eigenvalue weighted by atomic mass is 9.97. The van der Waals surface area contributed by atoms with Crippen LogP contribution in [0.4, 0.5) is 5.82 Å². The summed E-state index contributed by atoms with van der Waals surface area (Å²) in [5.41, 5.74) is 5.32. The summed E-state index contributed by atoms with van der Waals surface area (Å²) in [6.45, 7) is 9.00. The first-order valence-electron chi connectivity index (χ1n) is 11.0. The third kappa shape index (κ3) is 6.00. The molecular weight excluding hydrogens is 380 g/mol. The highest BCUT2D eigenvalue weighted by Crippen LogP contribution is 2.25. The highest BCUT2D eigenvalue weighted by Gasteiger charge is 2.34. The molecule has 3 rings (SSSR count). The highest BCUT2D eigenvalue weighted by atomic mass is 16.4. The summed E-state index contributed by atoms with van der Waals surface area (Å²) in [5.74, 6) is 0.305. The molecule has 2 aliphatic heterocycles. The van der Waals surface area contributed by atoms with Crippen molar-refractivity contribution < 1.29 is 9.90 Å². The molecule has 30 heavy (non-hydrogen) atoms. The highest BCUT2D eigenvalue weighted by molar-refractivity contribution is 5.76. The molecule has 2 fully saturated rings. The second-order valence-corrected chi connectivity index (χ2v) is 8.04. The van der Waals surface area contributed by atoms with Crippen LogP contribution in [0.2, 0.25) is 0 Å². The number of piperazine rings is 1. The number of hydrogen-bond acceptors (Lipinski definition) is 7. The minimum Gasteiger partial charge on any atom is -0.480 e. The monoisotopic (exact) mass is 418 g/mol. The number of anilines is 1. The Kier molecular flexibility index (Phi) is 9.68. The summed E-state index contributed by atoms with van der Waals surface area (Å²) < 4.78 is 0. The third-order valence-corrected chi connectivity index (χ3v) is 6.20. The normalized spacial score (nSPS) is 22.1. The number of pyridine rings is 1. The van der Waals surface area contributed by atoms with E-state index in [0.29, 0.717) is 12.1 Å². The predicted octanol–water partition coefficient (Wildman–Crippen LogP) is 1.88. The van der Waals surface area contributed by atoms with Crippen LogP contribution in [0, 0.1) is 5.41 Å². The van der Waals surface area contributed by atoms with Gasteiger partial charge in [0.2, 0.25) is 0 Å². The van der Waals surface area contributed by atoms with Gasteiger partial charge < -0.3 is 21.1 Å². The quantitative estimate of drug-likeness (QED) is 0.580. The molecule has 2 saturated heterocycles. The van der Waals surface area contributed by atoms with Gasteiger partial charge in [0, 0.05) is 62.8 Å². The fraction of sp³-hybridized carbons (Fsp3) is 0.682. The fourth-order valence-corrected chi connectivity index (χ4v) is 4.66. The van der Waals surface area contributed by atoms with Crippen LogP contribution >= 0.6 is 0 Å². The summed E-state index contributed by atoms with van der Waals surface area (Å²) >= 11 is 0. The van der Waals surface area contributed by atoms with E-state index in [2.05, 4.69) is 39.3 Å². The largest absolute Gasteiger partial charge is 0.480 e. The molecule has 3 heterocycles. The minimum absolute atomic E-state index is 0.324. The van der Waals surface area contributed by atoms with Gasteiger partial charge in [0.15, 0.2) is 0 Å². The first-order valence-corrected chi connectivity index (χ1v) is 11.0. The molecular formula is C22H38N6O2. The van der Waals surface area contributed by atoms with E-state index in [0.717, 1.165) is 69.8 Å². The SMILES string of the molecule is CCCC(C(=O)O)N1CCC(N2CCN(c3ccc(C=N)cn3)CC2C)CC1.CN. The van der Waals surface area contributed by atoms with Crippen molar-refractivity contribution in [3.8, 4) is 0 Å². The molecule has 0 radical (unpaired) electrons. The van der Waals surface area contributed by atoms with Crippen molar-refractivity contribution in [3.63, 3.8) is 0 Å². The first kappa shape index (κ1) is 24.2. The Bertz CT molecular complexity index is 660. The number of hydrogen-bond donors (Lipinski definition) is 3. The van der Waals surface area contributed by atoms with Gasteiger partial charge in [-0.2, -0.15) is 0 Å². The van der Waals surface area contributed by atoms with Crippen LogP contribution in [0.3, 0.4) is 0 Å². The fourth-order valence-electron chi connectivity index (χ4n) is 4.66. The molecule has 8 nitrogen and oxygen atoms in total. The Morgan fingerprint density at radius 1 is 1.30 bits per heavy atom. The van der Waals surface area contributed by atoms with Gasteiger partial charge in [-0.1, -0.05) is 13.3 Å². The molecule has 4 N–H and O–H groups in total. The molecule has 0 spiro atoms. The van der Waals surface area contributed by atoms with Crippen molar-refractivity contribution >= 4 is 18.0 Å². The number of carboxylic acids is 1. The number of likely N-dealkylation sites (tertiary alicyclic amines) is 1. The molecule has 8 heteroatoms. The van der Waals surface area contributed by atoms with Crippen LogP contribution in [0.5, 0.6) is 0 Å². The summed E-state index contributed by atoms with van der Waals surface area (Å²) in [5, 5.41) is 16.8. The van der Waals surface area contributed by atoms with Crippen LogP contribution in [0.1, 0.15) is 45.1 Å². The van der Waals surface area contributed by atoms with Gasteiger partial charge in [-0.15, -0.1) is 0 Å². The zero-order chi connectivity index (χ0) is 22.1. The molecule has 168 valence electrons. The molecule has 2 unspecified atom stereocenters. The lowest BCUT2D eigenvalue weighted by Gasteiger charge is -2.47. The topological polar surface area (TPSA) is 110 Å². The Balaban J connectivity index is 0.00000155. The second-order valence-electron chi connectivity index (χ2n) is 8.04. The molecule has 0 saturated carbocycles. The van der Waals surface area contributed by atoms with E-state index in [4.69, 9.17) is 5.41 Å². The zero-order valence-corrected chi connectivity index (χ0v) is 18.6. The van der Waals surface area contributed by atoms with Crippen LogP contribution < -0.4 is 10.6 Å². The average molecular weight is 419 g/mol. The van der Waals surface area contributed by atoms with Gasteiger partial charge in [0.25, 0.3) is 0 Å². The van der Waals surface area contributed by atoms with Crippen LogP contribution in [0.25, 0.3) is 0 Å². The molecule has 2 aliphatic rings. The predicted molar refractivity (Wildman–Crippen MR) is 122 cm³/mol. The number of aromatic nitrogens is 1. The van der Waals surface area contributed by atoms with Gasteiger partial charge in [0.1, 0.15) is 11.9 Å². The van der Waals surface area contributed by atoms with Crippen LogP contribution in [0.15, 0.2) is 18.3 Å². The van der Waals surface area contributed by atoms with E-state index < -0.39 is 5.97 Å². The van der Waals surface area contributed by atoms with Crippen molar-refractivity contribution in [2.24, 2.45) is 5.73 Å². The molecule has 0 bridgehead atoms. The summed E-state index contributed by atoms with van der Waals surface area (Å²) in [7, 11) is 1.50. The second kappa shape index (κ2) is 12.0. The smallest absolute Gasteiger partial charge is 0.320 e. The number of piperidine rings is 1. The molecule has 0 aromatic carbocycles.